The van der Waals surface area contributed by atoms with Gasteiger partial charge in [0.05, 0.1) is 6.61 Å². The second-order valence-electron chi connectivity index (χ2n) is 12.9. The summed E-state index contributed by atoms with van der Waals surface area (Å²) >= 11 is 0. The molecule has 52 heavy (non-hydrogen) atoms. The molecule has 0 unspecified atom stereocenters. The lowest BCUT2D eigenvalue weighted by Gasteiger charge is -2.29. The first-order valence-corrected chi connectivity index (χ1v) is 17.9. The summed E-state index contributed by atoms with van der Waals surface area (Å²) in [5, 5.41) is 10.1. The van der Waals surface area contributed by atoms with E-state index in [9.17, 15) is 0 Å². The summed E-state index contributed by atoms with van der Waals surface area (Å²) < 4.78 is 6.14. The van der Waals surface area contributed by atoms with Crippen molar-refractivity contribution < 1.29 is 4.74 Å². The number of aromatic nitrogens is 6. The summed E-state index contributed by atoms with van der Waals surface area (Å²) in [5.74, 6) is 2.74. The summed E-state index contributed by atoms with van der Waals surface area (Å²) in [4.78, 5) is 32.9. The molecule has 0 atom stereocenters. The second kappa shape index (κ2) is 15.7. The van der Waals surface area contributed by atoms with E-state index in [2.05, 4.69) is 79.3 Å². The van der Waals surface area contributed by atoms with Crippen LogP contribution in [0.5, 0.6) is 6.01 Å². The normalized spacial score (nSPS) is 13.5. The number of nitrogens with zero attached hydrogens (tertiary/aromatic N) is 8. The Morgan fingerprint density at radius 3 is 1.60 bits per heavy atom. The summed E-state index contributed by atoms with van der Waals surface area (Å²) in [7, 11) is 0. The van der Waals surface area contributed by atoms with E-state index < -0.39 is 0 Å². The average molecular weight is 692 g/mol. The molecule has 3 N–H and O–H groups in total. The summed E-state index contributed by atoms with van der Waals surface area (Å²) in [6, 6.07) is 37.2. The van der Waals surface area contributed by atoms with Gasteiger partial charge in [-0.15, -0.1) is 0 Å². The Morgan fingerprint density at radius 1 is 0.500 bits per heavy atom. The molecule has 0 saturated heterocycles. The molecule has 0 amide bonds. The third-order valence-corrected chi connectivity index (χ3v) is 9.20. The zero-order valence-electron chi connectivity index (χ0n) is 28.9. The van der Waals surface area contributed by atoms with Crippen LogP contribution in [0, 0.1) is 0 Å². The van der Waals surface area contributed by atoms with Crippen LogP contribution in [0.1, 0.15) is 35.1 Å². The van der Waals surface area contributed by atoms with Crippen LogP contribution in [0.2, 0.25) is 0 Å². The fraction of sp³-hybridized carbons (Fsp3) is 0.250. The number of anilines is 7. The standard InChI is InChI=1S/C40H41N11O/c1-3-17-33(18-4-1)42-36-44-35(45-38(46-36)50-24-21-29-13-7-9-15-31(29)27-50)41-23-11-12-26-52-40-48-37(43-34-19-5-2-6-20-34)47-39(49-40)51-25-22-30-14-8-10-16-32(30)28-51/h1-10,13-20H,11-12,21-28H2,(H,43,47,48,49)(H2,41,42,44,45,46). The maximum absolute atomic E-state index is 6.14. The van der Waals surface area contributed by atoms with Crippen LogP contribution in [-0.4, -0.2) is 56.1 Å². The summed E-state index contributed by atoms with van der Waals surface area (Å²) in [5.41, 5.74) is 7.15. The van der Waals surface area contributed by atoms with Gasteiger partial charge in [-0.25, -0.2) is 0 Å². The van der Waals surface area contributed by atoms with E-state index in [1.165, 1.54) is 22.3 Å². The number of rotatable bonds is 13. The highest BCUT2D eigenvalue weighted by Gasteiger charge is 2.22. The average Bonchev–Trinajstić information content (AvgIpc) is 3.19. The molecule has 4 aromatic carbocycles. The van der Waals surface area contributed by atoms with Crippen molar-refractivity contribution in [1.82, 2.24) is 29.9 Å². The van der Waals surface area contributed by atoms with Gasteiger partial charge in [0.25, 0.3) is 0 Å². The molecular weight excluding hydrogens is 651 g/mol. The number of hydrogen-bond donors (Lipinski definition) is 3. The number of fused-ring (bicyclic) bond motifs is 2. The largest absolute Gasteiger partial charge is 0.463 e. The lowest BCUT2D eigenvalue weighted by atomic mass is 10.0. The molecule has 12 nitrogen and oxygen atoms in total. The van der Waals surface area contributed by atoms with Crippen LogP contribution in [-0.2, 0) is 25.9 Å². The van der Waals surface area contributed by atoms with Gasteiger partial charge in [0.1, 0.15) is 0 Å². The predicted molar refractivity (Wildman–Crippen MR) is 205 cm³/mol. The maximum Gasteiger partial charge on any atom is 0.323 e. The van der Waals surface area contributed by atoms with Crippen LogP contribution in [0.15, 0.2) is 109 Å². The molecule has 4 heterocycles. The minimum absolute atomic E-state index is 0.303. The molecule has 2 aromatic heterocycles. The monoisotopic (exact) mass is 691 g/mol. The van der Waals surface area contributed by atoms with Crippen molar-refractivity contribution in [2.24, 2.45) is 0 Å². The molecule has 8 rings (SSSR count). The molecule has 0 bridgehead atoms. The fourth-order valence-corrected chi connectivity index (χ4v) is 6.47. The van der Waals surface area contributed by atoms with Crippen LogP contribution in [0.4, 0.5) is 41.1 Å². The topological polar surface area (TPSA) is 129 Å². The first-order valence-electron chi connectivity index (χ1n) is 17.9. The third-order valence-electron chi connectivity index (χ3n) is 9.20. The quantitative estimate of drug-likeness (QED) is 0.109. The van der Waals surface area contributed by atoms with E-state index in [0.717, 1.165) is 63.2 Å². The highest BCUT2D eigenvalue weighted by Crippen LogP contribution is 2.26. The van der Waals surface area contributed by atoms with Gasteiger partial charge in [0.15, 0.2) is 0 Å². The van der Waals surface area contributed by atoms with Gasteiger partial charge in [0, 0.05) is 44.1 Å². The van der Waals surface area contributed by atoms with Crippen LogP contribution < -0.4 is 30.5 Å². The Labute approximate surface area is 303 Å². The Balaban J connectivity index is 0.911. The fourth-order valence-electron chi connectivity index (χ4n) is 6.47. The minimum Gasteiger partial charge on any atom is -0.463 e. The highest BCUT2D eigenvalue weighted by atomic mass is 16.5. The van der Waals surface area contributed by atoms with E-state index in [0.29, 0.717) is 48.9 Å². The molecule has 12 heteroatoms. The zero-order valence-corrected chi connectivity index (χ0v) is 28.9. The molecule has 6 aromatic rings. The van der Waals surface area contributed by atoms with Gasteiger partial charge < -0.3 is 30.5 Å². The van der Waals surface area contributed by atoms with E-state index in [4.69, 9.17) is 29.7 Å². The maximum atomic E-state index is 6.14. The highest BCUT2D eigenvalue weighted by molar-refractivity contribution is 5.57. The smallest absolute Gasteiger partial charge is 0.323 e. The molecule has 0 aliphatic carbocycles. The third kappa shape index (κ3) is 8.18. The molecule has 2 aliphatic heterocycles. The van der Waals surface area contributed by atoms with E-state index in [1.807, 2.05) is 60.7 Å². The zero-order chi connectivity index (χ0) is 35.0. The van der Waals surface area contributed by atoms with Crippen LogP contribution in [0.25, 0.3) is 0 Å². The number of nitrogens with one attached hydrogen (secondary N) is 3. The first-order chi connectivity index (χ1) is 25.7. The number of para-hydroxylation sites is 2. The second-order valence-corrected chi connectivity index (χ2v) is 12.9. The van der Waals surface area contributed by atoms with Crippen molar-refractivity contribution >= 4 is 41.1 Å². The van der Waals surface area contributed by atoms with Crippen LogP contribution >= 0.6 is 0 Å². The predicted octanol–water partition coefficient (Wildman–Crippen LogP) is 6.94. The molecule has 262 valence electrons. The van der Waals surface area contributed by atoms with E-state index >= 15 is 0 Å². The lowest BCUT2D eigenvalue weighted by Crippen LogP contribution is -2.32. The number of ether oxygens (including phenoxy) is 1. The number of hydrogen-bond acceptors (Lipinski definition) is 12. The molecule has 0 radical (unpaired) electrons. The Hall–Kier alpha value is -6.30. The van der Waals surface area contributed by atoms with Crippen molar-refractivity contribution in [3.05, 3.63) is 131 Å². The van der Waals surface area contributed by atoms with Gasteiger partial charge in [-0.2, -0.15) is 29.9 Å². The van der Waals surface area contributed by atoms with Crippen molar-refractivity contribution in [1.29, 1.82) is 0 Å². The van der Waals surface area contributed by atoms with Crippen LogP contribution in [0.3, 0.4) is 0 Å². The number of unbranched alkanes of at least 4 members (excludes halogenated alkanes) is 1. The van der Waals surface area contributed by atoms with Crippen molar-refractivity contribution in [3.63, 3.8) is 0 Å². The Morgan fingerprint density at radius 2 is 1.00 bits per heavy atom. The molecule has 0 spiro atoms. The molecule has 0 saturated carbocycles. The van der Waals surface area contributed by atoms with E-state index in [-0.39, 0.29) is 0 Å². The lowest BCUT2D eigenvalue weighted by molar-refractivity contribution is 0.284. The number of benzene rings is 4. The molecule has 0 fully saturated rings. The van der Waals surface area contributed by atoms with Gasteiger partial charge in [-0.3, -0.25) is 0 Å². The Kier molecular flexibility index (Phi) is 9.94. The van der Waals surface area contributed by atoms with E-state index in [1.54, 1.807) is 0 Å². The van der Waals surface area contributed by atoms with Crippen molar-refractivity contribution in [3.8, 4) is 6.01 Å². The van der Waals surface area contributed by atoms with Gasteiger partial charge >= 0.3 is 6.01 Å². The summed E-state index contributed by atoms with van der Waals surface area (Å²) in [6.45, 7) is 4.28. The minimum atomic E-state index is 0.303. The molecule has 2 aliphatic rings. The van der Waals surface area contributed by atoms with Gasteiger partial charge in [-0.05, 0) is 72.2 Å². The van der Waals surface area contributed by atoms with Crippen molar-refractivity contribution in [2.75, 3.05) is 52.0 Å². The SMILES string of the molecule is c1ccc(Nc2nc(NCCCCOc3nc(Nc4ccccc4)nc(N4CCc5ccccc5C4)n3)nc(N3CCc4ccccc4C3)n2)cc1. The first kappa shape index (κ1) is 32.9. The van der Waals surface area contributed by atoms with Gasteiger partial charge in [0.2, 0.25) is 29.7 Å². The summed E-state index contributed by atoms with van der Waals surface area (Å²) in [6.07, 6.45) is 3.49. The van der Waals surface area contributed by atoms with Crippen molar-refractivity contribution in [2.45, 2.75) is 38.8 Å². The van der Waals surface area contributed by atoms with Gasteiger partial charge in [-0.1, -0.05) is 84.9 Å². The Bertz CT molecular complexity index is 1950. The molecular formula is C40H41N11O.